The Morgan fingerprint density at radius 1 is 1.14 bits per heavy atom. The summed E-state index contributed by atoms with van der Waals surface area (Å²) >= 11 is 0. The summed E-state index contributed by atoms with van der Waals surface area (Å²) in [5.41, 5.74) is 2.82. The van der Waals surface area contributed by atoms with E-state index in [9.17, 15) is 22.8 Å². The molecule has 0 radical (unpaired) electrons. The third-order valence-electron chi connectivity index (χ3n) is 4.76. The minimum atomic E-state index is -4.88. The average molecular weight is 390 g/mol. The number of halogens is 3. The summed E-state index contributed by atoms with van der Waals surface area (Å²) in [7, 11) is 0. The maximum atomic E-state index is 13.0. The second kappa shape index (κ2) is 8.46. The van der Waals surface area contributed by atoms with Gasteiger partial charge >= 0.3 is 12.1 Å². The quantitative estimate of drug-likeness (QED) is 0.768. The zero-order valence-electron chi connectivity index (χ0n) is 15.2. The SMILES string of the molecule is O=C(CCCCNC(=O)C(F)(F)F)N1c2ccccc2C=CC2=CC=CCC21. The lowest BCUT2D eigenvalue weighted by Gasteiger charge is -2.33. The molecule has 1 aromatic rings. The van der Waals surface area contributed by atoms with Crippen molar-refractivity contribution < 1.29 is 22.8 Å². The first kappa shape index (κ1) is 19.9. The molecule has 1 atom stereocenters. The van der Waals surface area contributed by atoms with Crippen molar-refractivity contribution in [2.45, 2.75) is 37.9 Å². The molecule has 1 aromatic carbocycles. The second-order valence-electron chi connectivity index (χ2n) is 6.71. The molecule has 1 aliphatic heterocycles. The van der Waals surface area contributed by atoms with Gasteiger partial charge in [0.25, 0.3) is 0 Å². The number of nitrogens with zero attached hydrogens (tertiary/aromatic N) is 1. The first-order chi connectivity index (χ1) is 13.4. The number of allylic oxidation sites excluding steroid dienone is 2. The number of alkyl halides is 3. The minimum Gasteiger partial charge on any atom is -0.348 e. The Morgan fingerprint density at radius 2 is 1.93 bits per heavy atom. The molecule has 3 rings (SSSR count). The molecule has 0 aromatic heterocycles. The van der Waals surface area contributed by atoms with Crippen LogP contribution in [0.15, 0.2) is 54.1 Å². The summed E-state index contributed by atoms with van der Waals surface area (Å²) in [6, 6.07) is 7.55. The van der Waals surface area contributed by atoms with Crippen molar-refractivity contribution in [2.75, 3.05) is 11.4 Å². The fraction of sp³-hybridized carbons (Fsp3) is 0.333. The predicted octanol–water partition coefficient (Wildman–Crippen LogP) is 4.15. The molecule has 1 heterocycles. The molecular weight excluding hydrogens is 369 g/mol. The highest BCUT2D eigenvalue weighted by atomic mass is 19.4. The van der Waals surface area contributed by atoms with Gasteiger partial charge in [-0.05, 0) is 36.5 Å². The first-order valence-corrected chi connectivity index (χ1v) is 9.19. The molecular formula is C21H21F3N2O2. The first-order valence-electron chi connectivity index (χ1n) is 9.19. The van der Waals surface area contributed by atoms with Crippen molar-refractivity contribution in [3.63, 3.8) is 0 Å². The van der Waals surface area contributed by atoms with Gasteiger partial charge in [-0.25, -0.2) is 0 Å². The summed E-state index contributed by atoms with van der Waals surface area (Å²) in [6.07, 6.45) is 6.71. The van der Waals surface area contributed by atoms with Crippen LogP contribution in [0.5, 0.6) is 0 Å². The van der Waals surface area contributed by atoms with E-state index in [-0.39, 0.29) is 24.9 Å². The number of hydrogen-bond donors (Lipinski definition) is 1. The van der Waals surface area contributed by atoms with Gasteiger partial charge < -0.3 is 10.2 Å². The van der Waals surface area contributed by atoms with Crippen LogP contribution >= 0.6 is 0 Å². The fourth-order valence-corrected chi connectivity index (χ4v) is 3.39. The Labute approximate surface area is 161 Å². The van der Waals surface area contributed by atoms with Gasteiger partial charge in [0, 0.05) is 13.0 Å². The van der Waals surface area contributed by atoms with Gasteiger partial charge in [-0.3, -0.25) is 9.59 Å². The molecule has 0 saturated carbocycles. The van der Waals surface area contributed by atoms with Gasteiger partial charge in [-0.1, -0.05) is 48.6 Å². The van der Waals surface area contributed by atoms with Gasteiger partial charge in [0.05, 0.1) is 11.7 Å². The van der Waals surface area contributed by atoms with Crippen LogP contribution in [0.3, 0.4) is 0 Å². The van der Waals surface area contributed by atoms with Gasteiger partial charge in [0.1, 0.15) is 0 Å². The molecule has 0 fully saturated rings. The van der Waals surface area contributed by atoms with E-state index in [1.807, 2.05) is 60.0 Å². The van der Waals surface area contributed by atoms with Crippen LogP contribution in [-0.2, 0) is 9.59 Å². The number of hydrogen-bond acceptors (Lipinski definition) is 2. The third kappa shape index (κ3) is 4.52. The molecule has 4 nitrogen and oxygen atoms in total. The number of para-hydroxylation sites is 1. The topological polar surface area (TPSA) is 49.4 Å². The number of carbonyl (C=O) groups excluding carboxylic acids is 2. The van der Waals surface area contributed by atoms with E-state index < -0.39 is 12.1 Å². The highest BCUT2D eigenvalue weighted by molar-refractivity contribution is 5.97. The molecule has 0 bridgehead atoms. The van der Waals surface area contributed by atoms with E-state index in [2.05, 4.69) is 0 Å². The van der Waals surface area contributed by atoms with Crippen molar-refractivity contribution in [1.29, 1.82) is 0 Å². The molecule has 28 heavy (non-hydrogen) atoms. The lowest BCUT2D eigenvalue weighted by Crippen LogP contribution is -2.41. The van der Waals surface area contributed by atoms with Crippen molar-refractivity contribution in [1.82, 2.24) is 5.32 Å². The van der Waals surface area contributed by atoms with Crippen LogP contribution in [0.1, 0.15) is 31.2 Å². The Balaban J connectivity index is 1.64. The van der Waals surface area contributed by atoms with Crippen LogP contribution in [0.2, 0.25) is 0 Å². The summed E-state index contributed by atoms with van der Waals surface area (Å²) < 4.78 is 36.5. The summed E-state index contributed by atoms with van der Waals surface area (Å²) in [4.78, 5) is 25.6. The van der Waals surface area contributed by atoms with Gasteiger partial charge in [0.2, 0.25) is 5.91 Å². The normalized spacial score (nSPS) is 18.0. The summed E-state index contributed by atoms with van der Waals surface area (Å²) in [5.74, 6) is -2.03. The van der Waals surface area contributed by atoms with E-state index in [1.54, 1.807) is 4.90 Å². The van der Waals surface area contributed by atoms with Crippen LogP contribution in [0, 0.1) is 0 Å². The minimum absolute atomic E-state index is 0.0792. The van der Waals surface area contributed by atoms with E-state index >= 15 is 0 Å². The Hall–Kier alpha value is -2.83. The van der Waals surface area contributed by atoms with Gasteiger partial charge in [0.15, 0.2) is 0 Å². The Bertz CT molecular complexity index is 840. The fourth-order valence-electron chi connectivity index (χ4n) is 3.39. The van der Waals surface area contributed by atoms with Crippen LogP contribution in [-0.4, -0.2) is 30.6 Å². The zero-order chi connectivity index (χ0) is 20.1. The Morgan fingerprint density at radius 3 is 2.71 bits per heavy atom. The second-order valence-corrected chi connectivity index (χ2v) is 6.71. The summed E-state index contributed by atoms with van der Waals surface area (Å²) in [6.45, 7) is -0.110. The molecule has 2 amide bonds. The highest BCUT2D eigenvalue weighted by Gasteiger charge is 2.38. The van der Waals surface area contributed by atoms with Crippen molar-refractivity contribution in [3.05, 3.63) is 59.7 Å². The molecule has 2 aliphatic rings. The van der Waals surface area contributed by atoms with E-state index in [0.29, 0.717) is 19.3 Å². The van der Waals surface area contributed by atoms with Gasteiger partial charge in [-0.15, -0.1) is 0 Å². The number of nitrogens with one attached hydrogen (secondary N) is 1. The van der Waals surface area contributed by atoms with Crippen molar-refractivity contribution in [3.8, 4) is 0 Å². The predicted molar refractivity (Wildman–Crippen MR) is 102 cm³/mol. The average Bonchev–Trinajstić information content (AvgIpc) is 2.83. The van der Waals surface area contributed by atoms with E-state index in [1.165, 1.54) is 0 Å². The van der Waals surface area contributed by atoms with Crippen molar-refractivity contribution >= 4 is 23.6 Å². The molecule has 0 saturated heterocycles. The maximum Gasteiger partial charge on any atom is 0.471 e. The van der Waals surface area contributed by atoms with E-state index in [0.717, 1.165) is 16.8 Å². The highest BCUT2D eigenvalue weighted by Crippen LogP contribution is 2.34. The number of anilines is 1. The van der Waals surface area contributed by atoms with Gasteiger partial charge in [-0.2, -0.15) is 13.2 Å². The molecule has 1 N–H and O–H groups in total. The zero-order valence-corrected chi connectivity index (χ0v) is 15.2. The number of carbonyl (C=O) groups is 2. The summed E-state index contributed by atoms with van der Waals surface area (Å²) in [5, 5.41) is 1.83. The molecule has 7 heteroatoms. The van der Waals surface area contributed by atoms with E-state index in [4.69, 9.17) is 0 Å². The number of benzene rings is 1. The number of rotatable bonds is 5. The van der Waals surface area contributed by atoms with Crippen LogP contribution < -0.4 is 10.2 Å². The molecule has 1 aliphatic carbocycles. The lowest BCUT2D eigenvalue weighted by molar-refractivity contribution is -0.173. The third-order valence-corrected chi connectivity index (χ3v) is 4.76. The lowest BCUT2D eigenvalue weighted by atomic mass is 9.97. The maximum absolute atomic E-state index is 13.0. The number of unbranched alkanes of at least 4 members (excludes halogenated alkanes) is 1. The monoisotopic (exact) mass is 390 g/mol. The molecule has 1 unspecified atom stereocenters. The van der Waals surface area contributed by atoms with Crippen LogP contribution in [0.4, 0.5) is 18.9 Å². The number of amides is 2. The van der Waals surface area contributed by atoms with Crippen molar-refractivity contribution in [2.24, 2.45) is 0 Å². The Kier molecular flexibility index (Phi) is 6.02. The van der Waals surface area contributed by atoms with Crippen LogP contribution in [0.25, 0.3) is 6.08 Å². The number of fused-ring (bicyclic) bond motifs is 2. The standard InChI is InChI=1S/C21H21F3N2O2/c22-21(23,24)20(28)25-14-6-5-11-19(27)26-17-9-3-1-7-15(17)12-13-16-8-2-4-10-18(16)26/h1-4,7-9,12-13,18H,5-6,10-11,14H2,(H,25,28). The molecule has 148 valence electrons. The molecule has 0 spiro atoms. The largest absolute Gasteiger partial charge is 0.471 e. The smallest absolute Gasteiger partial charge is 0.348 e.